The second-order valence-electron chi connectivity index (χ2n) is 7.38. The van der Waals surface area contributed by atoms with Gasteiger partial charge in [0.25, 0.3) is 0 Å². The maximum atomic E-state index is 14.9. The Kier molecular flexibility index (Phi) is 6.94. The van der Waals surface area contributed by atoms with Gasteiger partial charge in [0, 0.05) is 11.7 Å². The Morgan fingerprint density at radius 3 is 2.33 bits per heavy atom. The van der Waals surface area contributed by atoms with E-state index in [1.165, 1.54) is 6.07 Å². The highest BCUT2D eigenvalue weighted by Crippen LogP contribution is 2.51. The molecule has 0 aliphatic carbocycles. The van der Waals surface area contributed by atoms with Crippen LogP contribution in [-0.4, -0.2) is 59.4 Å². The zero-order chi connectivity index (χ0) is 23.1. The van der Waals surface area contributed by atoms with E-state index in [0.717, 1.165) is 6.20 Å². The molecule has 1 saturated heterocycles. The van der Waals surface area contributed by atoms with Crippen molar-refractivity contribution in [3.8, 4) is 0 Å². The van der Waals surface area contributed by atoms with Crippen LogP contribution in [0.3, 0.4) is 0 Å². The average molecular weight is 479 g/mol. The molecule has 17 heteroatoms. The molecule has 3 atom stereocenters. The largest absolute Gasteiger partial charge is 0.470 e. The van der Waals surface area contributed by atoms with Crippen LogP contribution in [0.4, 0.5) is 14.6 Å². The zero-order valence-electron chi connectivity index (χ0n) is 15.9. The fourth-order valence-corrected chi connectivity index (χ4v) is 3.51. The van der Waals surface area contributed by atoms with E-state index in [1.54, 1.807) is 20.8 Å². The van der Waals surface area contributed by atoms with Crippen LogP contribution >= 0.6 is 15.6 Å². The van der Waals surface area contributed by atoms with Crippen LogP contribution in [0.1, 0.15) is 27.0 Å². The summed E-state index contributed by atoms with van der Waals surface area (Å²) in [7, 11) is -10.6. The van der Waals surface area contributed by atoms with Gasteiger partial charge < -0.3 is 29.6 Å². The number of nitrogens with one attached hydrogen (secondary N) is 1. The number of hydrogen-bond acceptors (Lipinski definition) is 8. The van der Waals surface area contributed by atoms with Crippen LogP contribution in [-0.2, 0) is 22.9 Å². The summed E-state index contributed by atoms with van der Waals surface area (Å²) in [5, 5.41) is 2.86. The van der Waals surface area contributed by atoms with Crippen molar-refractivity contribution in [1.82, 2.24) is 9.55 Å². The molecule has 0 radical (unpaired) electrons. The van der Waals surface area contributed by atoms with Crippen molar-refractivity contribution in [2.45, 2.75) is 50.7 Å². The Hall–Kier alpha value is -1.28. The summed E-state index contributed by atoms with van der Waals surface area (Å²) in [6.45, 7) is 4.10. The van der Waals surface area contributed by atoms with Crippen molar-refractivity contribution in [3.05, 3.63) is 22.7 Å². The molecule has 30 heavy (non-hydrogen) atoms. The van der Waals surface area contributed by atoms with Gasteiger partial charge in [-0.15, -0.1) is 0 Å². The van der Waals surface area contributed by atoms with Crippen LogP contribution in [0.2, 0.25) is 0 Å². The van der Waals surface area contributed by atoms with Gasteiger partial charge in [-0.1, -0.05) is 0 Å². The SMILES string of the molecule is CC(C)(C)Nc1ccn([C@@H]2O[C@H](COP(=O)(O)O)[C@@H](OP(=O)(O)O)C2(F)F)c(=O)n1. The predicted octanol–water partition coefficient (Wildman–Crippen LogP) is 0.574. The number of aromatic nitrogens is 2. The van der Waals surface area contributed by atoms with Gasteiger partial charge in [-0.3, -0.25) is 13.6 Å². The van der Waals surface area contributed by atoms with Crippen molar-refractivity contribution >= 4 is 21.5 Å². The van der Waals surface area contributed by atoms with E-state index in [0.29, 0.717) is 4.57 Å². The summed E-state index contributed by atoms with van der Waals surface area (Å²) < 4.78 is 65.2. The standard InChI is InChI=1S/C13H21F2N3O10P2/c1-12(2,3)17-8-4-5-18(11(19)16-8)10-13(14,15)9(28-30(23,24)25)7(27-10)6-26-29(20,21)22/h4-5,7,9-10H,6H2,1-3H3,(H,16,17,19)(H2,20,21,22)(H2,23,24,25)/t7-,9-,10-/m1/s1. The number of phosphoric acid groups is 2. The van der Waals surface area contributed by atoms with E-state index in [2.05, 4.69) is 19.3 Å². The Morgan fingerprint density at radius 1 is 1.27 bits per heavy atom. The van der Waals surface area contributed by atoms with Gasteiger partial charge in [-0.05, 0) is 26.8 Å². The Morgan fingerprint density at radius 2 is 1.87 bits per heavy atom. The fourth-order valence-electron chi connectivity index (χ4n) is 2.60. The summed E-state index contributed by atoms with van der Waals surface area (Å²) in [5.74, 6) is -4.14. The second kappa shape index (κ2) is 8.34. The summed E-state index contributed by atoms with van der Waals surface area (Å²) in [6.07, 6.45) is -6.25. The molecule has 5 N–H and O–H groups in total. The Labute approximate surface area is 168 Å². The Bertz CT molecular complexity index is 924. The van der Waals surface area contributed by atoms with Gasteiger partial charge >= 0.3 is 27.3 Å². The van der Waals surface area contributed by atoms with Crippen LogP contribution in [0, 0.1) is 0 Å². The maximum absolute atomic E-state index is 14.9. The van der Waals surface area contributed by atoms with Crippen molar-refractivity contribution in [2.24, 2.45) is 0 Å². The second-order valence-corrected chi connectivity index (χ2v) is 9.81. The first-order valence-corrected chi connectivity index (χ1v) is 11.3. The molecular weight excluding hydrogens is 458 g/mol. The molecule has 1 aliphatic rings. The van der Waals surface area contributed by atoms with E-state index in [1.807, 2.05) is 0 Å². The van der Waals surface area contributed by atoms with Crippen LogP contribution in [0.25, 0.3) is 0 Å². The number of anilines is 1. The minimum Gasteiger partial charge on any atom is -0.365 e. The number of ether oxygens (including phenoxy) is 1. The lowest BCUT2D eigenvalue weighted by Gasteiger charge is -2.25. The number of alkyl halides is 2. The molecule has 0 saturated carbocycles. The molecule has 0 bridgehead atoms. The monoisotopic (exact) mass is 479 g/mol. The topological polar surface area (TPSA) is 190 Å². The zero-order valence-corrected chi connectivity index (χ0v) is 17.7. The summed E-state index contributed by atoms with van der Waals surface area (Å²) >= 11 is 0. The molecule has 2 heterocycles. The molecule has 172 valence electrons. The number of halogens is 2. The molecule has 2 rings (SSSR count). The van der Waals surface area contributed by atoms with Gasteiger partial charge in [0.15, 0.2) is 6.10 Å². The third kappa shape index (κ3) is 6.61. The molecule has 13 nitrogen and oxygen atoms in total. The average Bonchev–Trinajstić information content (AvgIpc) is 2.73. The van der Waals surface area contributed by atoms with Gasteiger partial charge in [0.2, 0.25) is 6.23 Å². The minimum absolute atomic E-state index is 0.0782. The van der Waals surface area contributed by atoms with Crippen molar-refractivity contribution < 1.29 is 51.3 Å². The number of hydrogen-bond donors (Lipinski definition) is 5. The molecule has 0 unspecified atom stereocenters. The van der Waals surface area contributed by atoms with E-state index >= 15 is 0 Å². The molecule has 0 spiro atoms. The van der Waals surface area contributed by atoms with Gasteiger partial charge in [0.1, 0.15) is 11.9 Å². The third-order valence-corrected chi connectivity index (χ3v) is 4.58. The summed E-state index contributed by atoms with van der Waals surface area (Å²) in [4.78, 5) is 51.2. The lowest BCUT2D eigenvalue weighted by Crippen LogP contribution is -2.43. The highest BCUT2D eigenvalue weighted by molar-refractivity contribution is 7.46. The maximum Gasteiger partial charge on any atom is 0.470 e. The smallest absolute Gasteiger partial charge is 0.365 e. The van der Waals surface area contributed by atoms with E-state index in [-0.39, 0.29) is 5.82 Å². The Balaban J connectivity index is 2.39. The normalized spacial score (nSPS) is 24.8. The number of phosphoric ester groups is 2. The molecular formula is C13H21F2N3O10P2. The van der Waals surface area contributed by atoms with Crippen LogP contribution in [0.5, 0.6) is 0 Å². The highest BCUT2D eigenvalue weighted by Gasteiger charge is 2.63. The summed E-state index contributed by atoms with van der Waals surface area (Å²) in [5.41, 5.74) is -1.67. The number of rotatable bonds is 7. The molecule has 0 amide bonds. The lowest BCUT2D eigenvalue weighted by molar-refractivity contribution is -0.139. The van der Waals surface area contributed by atoms with E-state index < -0.39 is 57.8 Å². The first kappa shape index (κ1) is 25.0. The van der Waals surface area contributed by atoms with Crippen molar-refractivity contribution in [1.29, 1.82) is 0 Å². The van der Waals surface area contributed by atoms with Crippen LogP contribution < -0.4 is 11.0 Å². The molecule has 1 aromatic heterocycles. The lowest BCUT2D eigenvalue weighted by atomic mass is 10.1. The van der Waals surface area contributed by atoms with Crippen LogP contribution in [0.15, 0.2) is 17.1 Å². The quantitative estimate of drug-likeness (QED) is 0.343. The van der Waals surface area contributed by atoms with Gasteiger partial charge in [0.05, 0.1) is 6.61 Å². The molecule has 1 fully saturated rings. The van der Waals surface area contributed by atoms with E-state index in [4.69, 9.17) is 24.3 Å². The third-order valence-electron chi connectivity index (χ3n) is 3.59. The fraction of sp³-hybridized carbons (Fsp3) is 0.692. The summed E-state index contributed by atoms with van der Waals surface area (Å²) in [6, 6.07) is 1.20. The predicted molar refractivity (Wildman–Crippen MR) is 95.6 cm³/mol. The van der Waals surface area contributed by atoms with Crippen molar-refractivity contribution in [2.75, 3.05) is 11.9 Å². The highest BCUT2D eigenvalue weighted by atomic mass is 31.2. The molecule has 1 aromatic rings. The van der Waals surface area contributed by atoms with E-state index in [9.17, 15) is 22.7 Å². The van der Waals surface area contributed by atoms with Gasteiger partial charge in [-0.2, -0.15) is 13.8 Å². The van der Waals surface area contributed by atoms with Gasteiger partial charge in [-0.25, -0.2) is 13.9 Å². The van der Waals surface area contributed by atoms with Crippen molar-refractivity contribution in [3.63, 3.8) is 0 Å². The first-order valence-electron chi connectivity index (χ1n) is 8.24. The first-order chi connectivity index (χ1) is 13.4. The minimum atomic E-state index is -5.48. The number of nitrogens with zero attached hydrogens (tertiary/aromatic N) is 2. The molecule has 0 aromatic carbocycles. The molecule has 1 aliphatic heterocycles.